The highest BCUT2D eigenvalue weighted by molar-refractivity contribution is 6.31. The van der Waals surface area contributed by atoms with Crippen molar-refractivity contribution in [3.63, 3.8) is 0 Å². The maximum Gasteiger partial charge on any atom is 0.249 e. The van der Waals surface area contributed by atoms with Gasteiger partial charge in [-0.1, -0.05) is 23.7 Å². The van der Waals surface area contributed by atoms with Crippen molar-refractivity contribution in [2.24, 2.45) is 5.41 Å². The van der Waals surface area contributed by atoms with Gasteiger partial charge in [0.25, 0.3) is 0 Å². The molecule has 0 aliphatic carbocycles. The van der Waals surface area contributed by atoms with Crippen LogP contribution in [0.15, 0.2) is 57.9 Å². The Bertz CT molecular complexity index is 1350. The van der Waals surface area contributed by atoms with Crippen LogP contribution in [0.5, 0.6) is 0 Å². The average molecular weight is 436 g/mol. The lowest BCUT2D eigenvalue weighted by atomic mass is 9.73. The maximum atomic E-state index is 13.1. The number of benzene rings is 2. The van der Waals surface area contributed by atoms with Gasteiger partial charge in [-0.15, -0.1) is 0 Å². The van der Waals surface area contributed by atoms with Crippen LogP contribution >= 0.6 is 11.6 Å². The number of likely N-dealkylation sites (tertiary alicyclic amines) is 1. The van der Waals surface area contributed by atoms with Gasteiger partial charge >= 0.3 is 0 Å². The van der Waals surface area contributed by atoms with E-state index in [4.69, 9.17) is 16.0 Å². The molecule has 8 heteroatoms. The lowest BCUT2D eigenvalue weighted by Crippen LogP contribution is -2.44. The molecule has 1 aromatic heterocycles. The van der Waals surface area contributed by atoms with E-state index in [-0.39, 0.29) is 24.4 Å². The number of nitrogens with zero attached hydrogens (tertiary/aromatic N) is 2. The van der Waals surface area contributed by atoms with Gasteiger partial charge in [0, 0.05) is 29.2 Å². The van der Waals surface area contributed by atoms with Crippen LogP contribution in [-0.4, -0.2) is 29.5 Å². The van der Waals surface area contributed by atoms with Crippen molar-refractivity contribution in [1.29, 1.82) is 5.26 Å². The van der Waals surface area contributed by atoms with Gasteiger partial charge in [0.1, 0.15) is 28.9 Å². The highest BCUT2D eigenvalue weighted by Crippen LogP contribution is 2.56. The molecule has 1 fully saturated rings. The van der Waals surface area contributed by atoms with E-state index in [0.717, 1.165) is 0 Å². The van der Waals surface area contributed by atoms with Crippen molar-refractivity contribution < 1.29 is 14.3 Å². The molecule has 0 radical (unpaired) electrons. The second kappa shape index (κ2) is 6.66. The van der Waals surface area contributed by atoms with Gasteiger partial charge in [-0.05, 0) is 37.4 Å². The van der Waals surface area contributed by atoms with E-state index < -0.39 is 22.5 Å². The Hall–Kier alpha value is -3.18. The summed E-state index contributed by atoms with van der Waals surface area (Å²) in [7, 11) is 1.73. The molecule has 2 aliphatic rings. The Morgan fingerprint density at radius 1 is 1.29 bits per heavy atom. The maximum absolute atomic E-state index is 13.1. The first kappa shape index (κ1) is 19.8. The normalized spacial score (nSPS) is 26.1. The number of nitrogens with one attached hydrogen (secondary N) is 1. The number of likely N-dealkylation sites (N-methyl/N-ethyl adjacent to an activating group) is 1. The SMILES string of the molecule is CN1C[C@@](C#N)([C@H](O)c2coc3ccccc3c2=O)C[C@@]12C(=O)Nc1ccc(Cl)cc12. The second-order valence-electron chi connectivity index (χ2n) is 8.22. The number of para-hydroxylation sites is 1. The topological polar surface area (TPSA) is 107 Å². The van der Waals surface area contributed by atoms with Crippen LogP contribution in [-0.2, 0) is 10.3 Å². The molecule has 2 aromatic carbocycles. The van der Waals surface area contributed by atoms with E-state index in [1.807, 2.05) is 0 Å². The minimum absolute atomic E-state index is 0.000388. The van der Waals surface area contributed by atoms with Crippen molar-refractivity contribution in [1.82, 2.24) is 4.90 Å². The number of aliphatic hydroxyl groups is 1. The molecular formula is C23H18ClN3O4. The summed E-state index contributed by atoms with van der Waals surface area (Å²) >= 11 is 6.19. The quantitative estimate of drug-likeness (QED) is 0.640. The minimum Gasteiger partial charge on any atom is -0.464 e. The smallest absolute Gasteiger partial charge is 0.249 e. The largest absolute Gasteiger partial charge is 0.464 e. The standard InChI is InChI=1S/C23H18ClN3O4/c1-27-12-22(11-25,10-23(27)16-8-13(24)6-7-17(16)26-21(23)30)20(29)15-9-31-18-5-3-2-4-14(18)19(15)28/h2-9,20,29H,10,12H2,1H3,(H,26,30)/t20-,22-,23-/m1/s1. The Balaban J connectivity index is 1.63. The molecule has 7 nitrogen and oxygen atoms in total. The van der Waals surface area contributed by atoms with Crippen LogP contribution in [0.2, 0.25) is 5.02 Å². The number of hydrogen-bond donors (Lipinski definition) is 2. The number of halogens is 1. The summed E-state index contributed by atoms with van der Waals surface area (Å²) < 4.78 is 5.55. The summed E-state index contributed by atoms with van der Waals surface area (Å²) in [6.45, 7) is 0.0797. The first-order valence-electron chi connectivity index (χ1n) is 9.75. The molecular weight excluding hydrogens is 418 g/mol. The third-order valence-corrected chi connectivity index (χ3v) is 6.78. The fourth-order valence-corrected chi connectivity index (χ4v) is 5.15. The van der Waals surface area contributed by atoms with Crippen molar-refractivity contribution in [3.8, 4) is 6.07 Å². The van der Waals surface area contributed by atoms with Crippen LogP contribution < -0.4 is 10.7 Å². The van der Waals surface area contributed by atoms with Crippen LogP contribution in [0, 0.1) is 16.7 Å². The Labute approximate surface area is 182 Å². The number of rotatable bonds is 2. The van der Waals surface area contributed by atoms with Crippen molar-refractivity contribution in [2.45, 2.75) is 18.1 Å². The summed E-state index contributed by atoms with van der Waals surface area (Å²) in [5.41, 5.74) is -1.31. The predicted molar refractivity (Wildman–Crippen MR) is 114 cm³/mol. The number of anilines is 1. The number of aliphatic hydroxyl groups excluding tert-OH is 1. The van der Waals surface area contributed by atoms with Crippen LogP contribution in [0.3, 0.4) is 0 Å². The highest BCUT2D eigenvalue weighted by Gasteiger charge is 2.63. The summed E-state index contributed by atoms with van der Waals surface area (Å²) in [6.07, 6.45) is -0.241. The van der Waals surface area contributed by atoms with Gasteiger partial charge in [0.2, 0.25) is 5.91 Å². The zero-order chi connectivity index (χ0) is 22.0. The van der Waals surface area contributed by atoms with Crippen molar-refractivity contribution >= 4 is 34.2 Å². The van der Waals surface area contributed by atoms with Crippen LogP contribution in [0.4, 0.5) is 5.69 Å². The Morgan fingerprint density at radius 3 is 2.84 bits per heavy atom. The molecule has 2 aliphatic heterocycles. The monoisotopic (exact) mass is 435 g/mol. The number of fused-ring (bicyclic) bond motifs is 3. The molecule has 1 spiro atoms. The zero-order valence-corrected chi connectivity index (χ0v) is 17.3. The lowest BCUT2D eigenvalue weighted by Gasteiger charge is -2.30. The third-order valence-electron chi connectivity index (χ3n) is 6.54. The minimum atomic E-state index is -1.45. The van der Waals surface area contributed by atoms with E-state index in [2.05, 4.69) is 11.4 Å². The number of hydrogen-bond acceptors (Lipinski definition) is 6. The molecule has 1 amide bonds. The molecule has 3 heterocycles. The average Bonchev–Trinajstić information content (AvgIpc) is 3.23. The summed E-state index contributed by atoms with van der Waals surface area (Å²) in [6, 6.07) is 14.0. The molecule has 156 valence electrons. The van der Waals surface area contributed by atoms with Crippen molar-refractivity contribution in [3.05, 3.63) is 75.1 Å². The number of amides is 1. The summed E-state index contributed by atoms with van der Waals surface area (Å²) in [5, 5.41) is 25.1. The molecule has 0 saturated carbocycles. The van der Waals surface area contributed by atoms with E-state index in [1.54, 1.807) is 54.4 Å². The van der Waals surface area contributed by atoms with Crippen molar-refractivity contribution in [2.75, 3.05) is 18.9 Å². The fourth-order valence-electron chi connectivity index (χ4n) is 4.97. The third kappa shape index (κ3) is 2.59. The van der Waals surface area contributed by atoms with Gasteiger partial charge < -0.3 is 14.8 Å². The molecule has 31 heavy (non-hydrogen) atoms. The van der Waals surface area contributed by atoms with E-state index in [0.29, 0.717) is 27.2 Å². The van der Waals surface area contributed by atoms with E-state index >= 15 is 0 Å². The molecule has 0 unspecified atom stereocenters. The van der Waals surface area contributed by atoms with Gasteiger partial charge in [-0.25, -0.2) is 0 Å². The van der Waals surface area contributed by atoms with Gasteiger partial charge in [0.15, 0.2) is 5.43 Å². The molecule has 5 rings (SSSR count). The van der Waals surface area contributed by atoms with E-state index in [1.165, 1.54) is 6.26 Å². The Morgan fingerprint density at radius 2 is 2.06 bits per heavy atom. The zero-order valence-electron chi connectivity index (χ0n) is 16.6. The number of nitriles is 1. The molecule has 0 bridgehead atoms. The number of carbonyl (C=O) groups is 1. The van der Waals surface area contributed by atoms with Gasteiger partial charge in [-0.3, -0.25) is 14.5 Å². The number of carbonyl (C=O) groups excluding carboxylic acids is 1. The lowest BCUT2D eigenvalue weighted by molar-refractivity contribution is -0.125. The van der Waals surface area contributed by atoms with Gasteiger partial charge in [-0.2, -0.15) is 5.26 Å². The molecule has 3 aromatic rings. The van der Waals surface area contributed by atoms with Gasteiger partial charge in [0.05, 0.1) is 17.0 Å². The summed E-state index contributed by atoms with van der Waals surface area (Å²) in [5.74, 6) is -0.290. The van der Waals surface area contributed by atoms with Crippen LogP contribution in [0.25, 0.3) is 11.0 Å². The van der Waals surface area contributed by atoms with Crippen LogP contribution in [0.1, 0.15) is 23.7 Å². The highest BCUT2D eigenvalue weighted by atomic mass is 35.5. The molecule has 3 atom stereocenters. The first-order valence-corrected chi connectivity index (χ1v) is 10.1. The first-order chi connectivity index (χ1) is 14.8. The van der Waals surface area contributed by atoms with E-state index in [9.17, 15) is 20.0 Å². The molecule has 1 saturated heterocycles. The fraction of sp³-hybridized carbons (Fsp3) is 0.261. The second-order valence-corrected chi connectivity index (χ2v) is 8.66. The summed E-state index contributed by atoms with van der Waals surface area (Å²) in [4.78, 5) is 27.9. The predicted octanol–water partition coefficient (Wildman–Crippen LogP) is 3.17. The molecule has 2 N–H and O–H groups in total. The Kier molecular flexibility index (Phi) is 4.25.